The van der Waals surface area contributed by atoms with Crippen LogP contribution in [0.5, 0.6) is 0 Å². The van der Waals surface area contributed by atoms with Crippen LogP contribution in [0, 0.1) is 6.92 Å². The van der Waals surface area contributed by atoms with Crippen LogP contribution in [0.15, 0.2) is 12.1 Å². The third-order valence-corrected chi connectivity index (χ3v) is 6.50. The molecule has 0 spiro atoms. The fourth-order valence-electron chi connectivity index (χ4n) is 2.50. The zero-order valence-corrected chi connectivity index (χ0v) is 12.7. The summed E-state index contributed by atoms with van der Waals surface area (Å²) >= 11 is 1.73. The van der Waals surface area contributed by atoms with E-state index < -0.39 is 10.0 Å². The van der Waals surface area contributed by atoms with Gasteiger partial charge in [0.05, 0.1) is 11.8 Å². The van der Waals surface area contributed by atoms with E-state index in [1.54, 1.807) is 22.6 Å². The van der Waals surface area contributed by atoms with Gasteiger partial charge in [-0.2, -0.15) is 4.31 Å². The van der Waals surface area contributed by atoms with Gasteiger partial charge in [0.2, 0.25) is 10.0 Å². The van der Waals surface area contributed by atoms with E-state index in [-0.39, 0.29) is 11.8 Å². The smallest absolute Gasteiger partial charge is 0.212 e. The molecule has 1 aromatic heterocycles. The molecular weight excluding hydrogens is 266 g/mol. The summed E-state index contributed by atoms with van der Waals surface area (Å²) in [6.07, 6.45) is 4.20. The second kappa shape index (κ2) is 5.72. The van der Waals surface area contributed by atoms with Crippen molar-refractivity contribution in [2.24, 2.45) is 0 Å². The largest absolute Gasteiger partial charge is 0.214 e. The van der Waals surface area contributed by atoms with E-state index in [2.05, 4.69) is 19.1 Å². The predicted molar refractivity (Wildman–Crippen MR) is 76.4 cm³/mol. The monoisotopic (exact) mass is 287 g/mol. The first-order valence-corrected chi connectivity index (χ1v) is 9.03. The molecular formula is C13H21NO2S2. The van der Waals surface area contributed by atoms with E-state index >= 15 is 0 Å². The summed E-state index contributed by atoms with van der Waals surface area (Å²) < 4.78 is 26.2. The Morgan fingerprint density at radius 1 is 1.33 bits per heavy atom. The van der Waals surface area contributed by atoms with Gasteiger partial charge in [0.25, 0.3) is 0 Å². The molecule has 2 heterocycles. The molecule has 1 aromatic rings. The number of thiophene rings is 1. The Bertz CT molecular complexity index is 493. The Morgan fingerprint density at radius 2 is 2.11 bits per heavy atom. The number of rotatable bonds is 3. The molecule has 1 saturated heterocycles. The highest BCUT2D eigenvalue weighted by molar-refractivity contribution is 7.89. The minimum atomic E-state index is -3.09. The fraction of sp³-hybridized carbons (Fsp3) is 0.692. The lowest BCUT2D eigenvalue weighted by molar-refractivity contribution is 0.333. The van der Waals surface area contributed by atoms with Crippen molar-refractivity contribution < 1.29 is 8.42 Å². The van der Waals surface area contributed by atoms with Gasteiger partial charge in [0, 0.05) is 16.3 Å². The molecule has 2 rings (SSSR count). The van der Waals surface area contributed by atoms with E-state index in [9.17, 15) is 8.42 Å². The SMILES string of the molecule is CCS(=O)(=O)N1CCCCC[C@@H]1c1ccc(C)s1. The Kier molecular flexibility index (Phi) is 4.45. The lowest BCUT2D eigenvalue weighted by Crippen LogP contribution is -2.35. The van der Waals surface area contributed by atoms with Crippen LogP contribution >= 0.6 is 11.3 Å². The van der Waals surface area contributed by atoms with Gasteiger partial charge in [-0.05, 0) is 38.8 Å². The Morgan fingerprint density at radius 3 is 2.72 bits per heavy atom. The molecule has 0 amide bonds. The number of hydrogen-bond acceptors (Lipinski definition) is 3. The van der Waals surface area contributed by atoms with Crippen molar-refractivity contribution in [1.82, 2.24) is 4.31 Å². The molecule has 0 aliphatic carbocycles. The minimum absolute atomic E-state index is 0.0659. The van der Waals surface area contributed by atoms with Gasteiger partial charge in [0.15, 0.2) is 0 Å². The zero-order chi connectivity index (χ0) is 13.2. The van der Waals surface area contributed by atoms with E-state index in [1.807, 2.05) is 0 Å². The van der Waals surface area contributed by atoms with Crippen molar-refractivity contribution in [3.8, 4) is 0 Å². The van der Waals surface area contributed by atoms with Crippen molar-refractivity contribution in [2.75, 3.05) is 12.3 Å². The van der Waals surface area contributed by atoms with Crippen LogP contribution in [-0.2, 0) is 10.0 Å². The molecule has 1 atom stereocenters. The molecule has 1 aliphatic heterocycles. The average molecular weight is 287 g/mol. The zero-order valence-electron chi connectivity index (χ0n) is 11.1. The Labute approximate surface area is 114 Å². The summed E-state index contributed by atoms with van der Waals surface area (Å²) in [5, 5.41) is 0. The summed E-state index contributed by atoms with van der Waals surface area (Å²) in [4.78, 5) is 2.45. The Balaban J connectivity index is 2.33. The first kappa shape index (κ1) is 14.0. The quantitative estimate of drug-likeness (QED) is 0.855. The normalized spacial score (nSPS) is 22.9. The van der Waals surface area contributed by atoms with Gasteiger partial charge in [-0.1, -0.05) is 12.8 Å². The van der Waals surface area contributed by atoms with Crippen LogP contribution in [0.25, 0.3) is 0 Å². The highest BCUT2D eigenvalue weighted by Crippen LogP contribution is 2.35. The van der Waals surface area contributed by atoms with E-state index in [0.717, 1.165) is 25.7 Å². The number of nitrogens with zero attached hydrogens (tertiary/aromatic N) is 1. The van der Waals surface area contributed by atoms with Gasteiger partial charge in [-0.15, -0.1) is 11.3 Å². The summed E-state index contributed by atoms with van der Waals surface area (Å²) in [5.41, 5.74) is 0. The van der Waals surface area contributed by atoms with E-state index in [1.165, 1.54) is 9.75 Å². The summed E-state index contributed by atoms with van der Waals surface area (Å²) in [7, 11) is -3.09. The first-order valence-electron chi connectivity index (χ1n) is 6.60. The summed E-state index contributed by atoms with van der Waals surface area (Å²) in [6.45, 7) is 4.48. The standard InChI is InChI=1S/C13H21NO2S2/c1-3-18(15,16)14-10-6-4-5-7-12(14)13-9-8-11(2)17-13/h8-9,12H,3-7,10H2,1-2H3/t12-/m1/s1. The second-order valence-electron chi connectivity index (χ2n) is 4.82. The molecule has 3 nitrogen and oxygen atoms in total. The highest BCUT2D eigenvalue weighted by atomic mass is 32.2. The fourth-order valence-corrected chi connectivity index (χ4v) is 4.93. The topological polar surface area (TPSA) is 37.4 Å². The van der Waals surface area contributed by atoms with Gasteiger partial charge >= 0.3 is 0 Å². The molecule has 18 heavy (non-hydrogen) atoms. The average Bonchev–Trinajstić information content (AvgIpc) is 2.63. The highest BCUT2D eigenvalue weighted by Gasteiger charge is 2.31. The van der Waals surface area contributed by atoms with Crippen molar-refractivity contribution in [1.29, 1.82) is 0 Å². The van der Waals surface area contributed by atoms with Gasteiger partial charge in [0.1, 0.15) is 0 Å². The first-order chi connectivity index (χ1) is 8.54. The van der Waals surface area contributed by atoms with Crippen LogP contribution in [-0.4, -0.2) is 25.0 Å². The number of sulfonamides is 1. The molecule has 1 aliphatic rings. The number of aryl methyl sites for hydroxylation is 1. The molecule has 0 radical (unpaired) electrons. The summed E-state index contributed by atoms with van der Waals surface area (Å²) in [6, 6.07) is 4.24. The van der Waals surface area contributed by atoms with Gasteiger partial charge in [-0.3, -0.25) is 0 Å². The lowest BCUT2D eigenvalue weighted by atomic mass is 10.1. The molecule has 0 bridgehead atoms. The lowest BCUT2D eigenvalue weighted by Gasteiger charge is -2.28. The molecule has 0 N–H and O–H groups in total. The molecule has 102 valence electrons. The van der Waals surface area contributed by atoms with Gasteiger partial charge in [-0.25, -0.2) is 8.42 Å². The maximum atomic E-state index is 12.2. The van der Waals surface area contributed by atoms with Crippen LogP contribution in [0.2, 0.25) is 0 Å². The van der Waals surface area contributed by atoms with Crippen LogP contribution < -0.4 is 0 Å². The van der Waals surface area contributed by atoms with E-state index in [0.29, 0.717) is 6.54 Å². The molecule has 0 saturated carbocycles. The third kappa shape index (κ3) is 2.95. The number of hydrogen-bond donors (Lipinski definition) is 0. The minimum Gasteiger partial charge on any atom is -0.212 e. The van der Waals surface area contributed by atoms with Crippen molar-refractivity contribution >= 4 is 21.4 Å². The van der Waals surface area contributed by atoms with E-state index in [4.69, 9.17) is 0 Å². The third-order valence-electron chi connectivity index (χ3n) is 3.52. The van der Waals surface area contributed by atoms with Crippen LogP contribution in [0.1, 0.15) is 48.4 Å². The van der Waals surface area contributed by atoms with Crippen LogP contribution in [0.4, 0.5) is 0 Å². The van der Waals surface area contributed by atoms with Crippen molar-refractivity contribution in [3.05, 3.63) is 21.9 Å². The predicted octanol–water partition coefficient (Wildman–Crippen LogP) is 3.32. The molecule has 5 heteroatoms. The van der Waals surface area contributed by atoms with Crippen LogP contribution in [0.3, 0.4) is 0 Å². The second-order valence-corrected chi connectivity index (χ2v) is 8.35. The maximum Gasteiger partial charge on any atom is 0.214 e. The molecule has 0 aromatic carbocycles. The maximum absolute atomic E-state index is 12.2. The van der Waals surface area contributed by atoms with Crippen molar-refractivity contribution in [2.45, 2.75) is 45.6 Å². The van der Waals surface area contributed by atoms with Gasteiger partial charge < -0.3 is 0 Å². The Hall–Kier alpha value is -0.390. The summed E-state index contributed by atoms with van der Waals surface area (Å²) in [5.74, 6) is 0.202. The van der Waals surface area contributed by atoms with Crippen molar-refractivity contribution in [3.63, 3.8) is 0 Å². The molecule has 1 fully saturated rings. The molecule has 0 unspecified atom stereocenters.